The molecule has 188 valence electrons. The molecule has 1 saturated heterocycles. The van der Waals surface area contributed by atoms with E-state index in [-0.39, 0.29) is 11.8 Å². The standard InChI is InChI=1S/C26H34FN5O2S/c1-6-30(7-2)16-21-28-24(22-17(3)18(4)35-25(22)29-21)32-14-12-31(13-15-32)23(26(33)34-5)19-8-10-20(27)11-9-19/h8-11,23H,6-7,12-16H2,1-5H3/t23-/m0/s1. The zero-order valence-corrected chi connectivity index (χ0v) is 22.0. The molecule has 0 aliphatic carbocycles. The molecule has 1 atom stereocenters. The Bertz CT molecular complexity index is 1170. The zero-order chi connectivity index (χ0) is 25.1. The highest BCUT2D eigenvalue weighted by Crippen LogP contribution is 2.36. The second kappa shape index (κ2) is 11.0. The van der Waals surface area contributed by atoms with Crippen molar-refractivity contribution >= 4 is 33.3 Å². The first-order chi connectivity index (χ1) is 16.9. The normalized spacial score (nSPS) is 15.7. The molecule has 1 fully saturated rings. The third-order valence-corrected chi connectivity index (χ3v) is 8.01. The van der Waals surface area contributed by atoms with Gasteiger partial charge in [0.25, 0.3) is 0 Å². The summed E-state index contributed by atoms with van der Waals surface area (Å²) in [6, 6.07) is 5.54. The van der Waals surface area contributed by atoms with Crippen LogP contribution in [0.4, 0.5) is 10.2 Å². The molecule has 1 aromatic carbocycles. The van der Waals surface area contributed by atoms with Crippen LogP contribution in [0, 0.1) is 19.7 Å². The number of carbonyl (C=O) groups excluding carboxylic acids is 1. The van der Waals surface area contributed by atoms with E-state index in [1.54, 1.807) is 23.5 Å². The van der Waals surface area contributed by atoms with Gasteiger partial charge in [0.1, 0.15) is 28.3 Å². The molecule has 0 N–H and O–H groups in total. The fourth-order valence-corrected chi connectivity index (χ4v) is 5.71. The van der Waals surface area contributed by atoms with Crippen molar-refractivity contribution in [2.45, 2.75) is 40.3 Å². The van der Waals surface area contributed by atoms with E-state index >= 15 is 0 Å². The highest BCUT2D eigenvalue weighted by molar-refractivity contribution is 7.18. The summed E-state index contributed by atoms with van der Waals surface area (Å²) >= 11 is 1.73. The summed E-state index contributed by atoms with van der Waals surface area (Å²) in [6.07, 6.45) is 0. The van der Waals surface area contributed by atoms with Crippen molar-refractivity contribution in [2.24, 2.45) is 0 Å². The summed E-state index contributed by atoms with van der Waals surface area (Å²) in [5, 5.41) is 1.13. The van der Waals surface area contributed by atoms with Crippen LogP contribution in [0.25, 0.3) is 10.2 Å². The van der Waals surface area contributed by atoms with Gasteiger partial charge in [0.15, 0.2) is 0 Å². The molecule has 0 saturated carbocycles. The van der Waals surface area contributed by atoms with Crippen LogP contribution in [-0.2, 0) is 16.1 Å². The van der Waals surface area contributed by atoms with Crippen molar-refractivity contribution in [1.82, 2.24) is 19.8 Å². The third-order valence-electron chi connectivity index (χ3n) is 6.90. The van der Waals surface area contributed by atoms with Gasteiger partial charge in [-0.3, -0.25) is 9.80 Å². The number of hydrogen-bond donors (Lipinski definition) is 0. The Morgan fingerprint density at radius 3 is 2.37 bits per heavy atom. The molecule has 9 heteroatoms. The first-order valence-electron chi connectivity index (χ1n) is 12.2. The average molecular weight is 500 g/mol. The monoisotopic (exact) mass is 499 g/mol. The van der Waals surface area contributed by atoms with E-state index in [0.717, 1.165) is 60.1 Å². The number of esters is 1. The molecular weight excluding hydrogens is 465 g/mol. The maximum atomic E-state index is 13.5. The fourth-order valence-electron chi connectivity index (χ4n) is 4.66. The molecule has 1 aliphatic rings. The van der Waals surface area contributed by atoms with Crippen molar-refractivity contribution < 1.29 is 13.9 Å². The number of nitrogens with zero attached hydrogens (tertiary/aromatic N) is 5. The van der Waals surface area contributed by atoms with Gasteiger partial charge in [-0.1, -0.05) is 26.0 Å². The van der Waals surface area contributed by atoms with Gasteiger partial charge < -0.3 is 9.64 Å². The van der Waals surface area contributed by atoms with E-state index < -0.39 is 6.04 Å². The number of fused-ring (bicyclic) bond motifs is 1. The Balaban J connectivity index is 1.61. The molecule has 0 bridgehead atoms. The predicted molar refractivity (Wildman–Crippen MR) is 138 cm³/mol. The van der Waals surface area contributed by atoms with Crippen LogP contribution in [0.15, 0.2) is 24.3 Å². The van der Waals surface area contributed by atoms with Gasteiger partial charge in [0.2, 0.25) is 0 Å². The molecule has 3 heterocycles. The van der Waals surface area contributed by atoms with Gasteiger partial charge in [-0.25, -0.2) is 19.2 Å². The highest BCUT2D eigenvalue weighted by atomic mass is 32.1. The number of aromatic nitrogens is 2. The number of anilines is 1. The van der Waals surface area contributed by atoms with E-state index in [4.69, 9.17) is 14.7 Å². The van der Waals surface area contributed by atoms with Gasteiger partial charge in [-0.2, -0.15) is 0 Å². The number of halogens is 1. The number of hydrogen-bond acceptors (Lipinski definition) is 8. The van der Waals surface area contributed by atoms with Crippen molar-refractivity contribution in [3.05, 3.63) is 51.9 Å². The second-order valence-electron chi connectivity index (χ2n) is 8.89. The van der Waals surface area contributed by atoms with Gasteiger partial charge in [0.05, 0.1) is 19.0 Å². The van der Waals surface area contributed by atoms with Gasteiger partial charge >= 0.3 is 5.97 Å². The Labute approximate surface area is 210 Å². The minimum absolute atomic E-state index is 0.322. The van der Waals surface area contributed by atoms with Crippen molar-refractivity contribution in [1.29, 1.82) is 0 Å². The number of thiophene rings is 1. The SMILES string of the molecule is CCN(CC)Cc1nc(N2CCN([C@H](C(=O)OC)c3ccc(F)cc3)CC2)c2c(C)c(C)sc2n1. The van der Waals surface area contributed by atoms with Crippen LogP contribution in [-0.4, -0.2) is 72.1 Å². The number of carbonyl (C=O) groups is 1. The number of piperazine rings is 1. The second-order valence-corrected chi connectivity index (χ2v) is 10.1. The topological polar surface area (TPSA) is 61.8 Å². The third kappa shape index (κ3) is 5.32. The number of aryl methyl sites for hydroxylation is 2. The number of rotatable bonds is 8. The van der Waals surface area contributed by atoms with Crippen molar-refractivity contribution in [3.63, 3.8) is 0 Å². The molecular formula is C26H34FN5O2S. The summed E-state index contributed by atoms with van der Waals surface area (Å²) in [4.78, 5) is 31.7. The van der Waals surface area contributed by atoms with Gasteiger partial charge in [-0.05, 0) is 50.2 Å². The van der Waals surface area contributed by atoms with Crippen LogP contribution in [0.2, 0.25) is 0 Å². The van der Waals surface area contributed by atoms with Crippen molar-refractivity contribution in [3.8, 4) is 0 Å². The van der Waals surface area contributed by atoms with Crippen LogP contribution < -0.4 is 4.90 Å². The van der Waals surface area contributed by atoms with E-state index in [9.17, 15) is 9.18 Å². The summed E-state index contributed by atoms with van der Waals surface area (Å²) in [7, 11) is 1.39. The molecule has 0 spiro atoms. The zero-order valence-electron chi connectivity index (χ0n) is 21.2. The highest BCUT2D eigenvalue weighted by Gasteiger charge is 2.32. The van der Waals surface area contributed by atoms with Crippen LogP contribution in [0.3, 0.4) is 0 Å². The number of methoxy groups -OCH3 is 1. The Morgan fingerprint density at radius 1 is 1.11 bits per heavy atom. The Hall–Kier alpha value is -2.62. The summed E-state index contributed by atoms with van der Waals surface area (Å²) in [6.45, 7) is 14.0. The Morgan fingerprint density at radius 2 is 1.77 bits per heavy atom. The van der Waals surface area contributed by atoms with E-state index in [2.05, 4.69) is 42.4 Å². The number of ether oxygens (including phenoxy) is 1. The molecule has 2 aromatic heterocycles. The lowest BCUT2D eigenvalue weighted by Gasteiger charge is -2.39. The maximum Gasteiger partial charge on any atom is 0.327 e. The lowest BCUT2D eigenvalue weighted by atomic mass is 10.0. The maximum absolute atomic E-state index is 13.5. The van der Waals surface area contributed by atoms with Crippen LogP contribution >= 0.6 is 11.3 Å². The molecule has 0 radical (unpaired) electrons. The van der Waals surface area contributed by atoms with Gasteiger partial charge in [0, 0.05) is 31.1 Å². The van der Waals surface area contributed by atoms with E-state index in [1.807, 2.05) is 0 Å². The summed E-state index contributed by atoms with van der Waals surface area (Å²) in [5.74, 6) is 1.17. The number of benzene rings is 1. The summed E-state index contributed by atoms with van der Waals surface area (Å²) < 4.78 is 18.6. The van der Waals surface area contributed by atoms with Crippen molar-refractivity contribution in [2.75, 3.05) is 51.3 Å². The quantitative estimate of drug-likeness (QED) is 0.428. The largest absolute Gasteiger partial charge is 0.468 e. The van der Waals surface area contributed by atoms with E-state index in [1.165, 1.54) is 29.7 Å². The van der Waals surface area contributed by atoms with Crippen LogP contribution in [0.1, 0.15) is 41.7 Å². The minimum atomic E-state index is -0.559. The lowest BCUT2D eigenvalue weighted by Crippen LogP contribution is -2.49. The first-order valence-corrected chi connectivity index (χ1v) is 13.0. The molecule has 7 nitrogen and oxygen atoms in total. The smallest absolute Gasteiger partial charge is 0.327 e. The van der Waals surface area contributed by atoms with Gasteiger partial charge in [-0.15, -0.1) is 11.3 Å². The predicted octanol–water partition coefficient (Wildman–Crippen LogP) is 4.33. The molecule has 1 aliphatic heterocycles. The average Bonchev–Trinajstić information content (AvgIpc) is 3.16. The van der Waals surface area contributed by atoms with Crippen LogP contribution in [0.5, 0.6) is 0 Å². The lowest BCUT2D eigenvalue weighted by molar-refractivity contribution is -0.147. The molecule has 35 heavy (non-hydrogen) atoms. The molecule has 4 rings (SSSR count). The first kappa shape index (κ1) is 25.5. The molecule has 3 aromatic rings. The fraction of sp³-hybridized carbons (Fsp3) is 0.500. The van der Waals surface area contributed by atoms with E-state index in [0.29, 0.717) is 13.1 Å². The minimum Gasteiger partial charge on any atom is -0.468 e. The Kier molecular flexibility index (Phi) is 7.98. The summed E-state index contributed by atoms with van der Waals surface area (Å²) in [5.41, 5.74) is 1.97. The molecule has 0 amide bonds. The molecule has 0 unspecified atom stereocenters.